The highest BCUT2D eigenvalue weighted by Gasteiger charge is 2.24. The molecule has 0 radical (unpaired) electrons. The Morgan fingerprint density at radius 2 is 1.93 bits per heavy atom. The van der Waals surface area contributed by atoms with Crippen LogP contribution in [-0.2, 0) is 6.42 Å². The highest BCUT2D eigenvalue weighted by Crippen LogP contribution is 2.37. The molecule has 28 heavy (non-hydrogen) atoms. The van der Waals surface area contributed by atoms with Crippen molar-refractivity contribution < 1.29 is 0 Å². The molecule has 0 amide bonds. The summed E-state index contributed by atoms with van der Waals surface area (Å²) in [7, 11) is 1.83. The van der Waals surface area contributed by atoms with Gasteiger partial charge in [0.2, 0.25) is 0 Å². The van der Waals surface area contributed by atoms with E-state index in [0.717, 1.165) is 52.8 Å². The number of rotatable bonds is 4. The topological polar surface area (TPSA) is 69.8 Å². The minimum absolute atomic E-state index is 0.712. The monoisotopic (exact) mass is 392 g/mol. The molecule has 3 aromatic rings. The summed E-state index contributed by atoms with van der Waals surface area (Å²) in [6.45, 7) is 2.74. The van der Waals surface area contributed by atoms with Crippen LogP contribution in [0.15, 0.2) is 48.7 Å². The first-order chi connectivity index (χ1) is 13.6. The fraction of sp³-hybridized carbons (Fsp3) is 0.190. The van der Waals surface area contributed by atoms with Gasteiger partial charge in [-0.15, -0.1) is 10.2 Å². The van der Waals surface area contributed by atoms with E-state index >= 15 is 0 Å². The Morgan fingerprint density at radius 3 is 2.64 bits per heavy atom. The Kier molecular flexibility index (Phi) is 4.88. The van der Waals surface area contributed by atoms with Crippen LogP contribution in [0.2, 0.25) is 5.02 Å². The second kappa shape index (κ2) is 7.48. The van der Waals surface area contributed by atoms with E-state index in [1.807, 2.05) is 50.5 Å². The number of aryl methyl sites for hydroxylation is 1. The van der Waals surface area contributed by atoms with Crippen LogP contribution in [0.3, 0.4) is 0 Å². The van der Waals surface area contributed by atoms with Gasteiger partial charge in [0, 0.05) is 48.7 Å². The van der Waals surface area contributed by atoms with Crippen molar-refractivity contribution in [3.05, 3.63) is 70.9 Å². The lowest BCUT2D eigenvalue weighted by Crippen LogP contribution is -2.19. The lowest BCUT2D eigenvalue weighted by atomic mass is 10.0. The number of allylic oxidation sites excluding steroid dienone is 1. The van der Waals surface area contributed by atoms with Gasteiger partial charge in [-0.05, 0) is 48.9 Å². The highest BCUT2D eigenvalue weighted by molar-refractivity contribution is 6.30. The number of anilines is 2. The second-order valence-corrected chi connectivity index (χ2v) is 7.05. The normalized spacial score (nSPS) is 13.5. The SMILES string of the molecule is CN/C=C(\C=N)c1ccc2c(c1)N(c1ccc(Cl)cc1)CCc1nnc(C)n1-2. The summed E-state index contributed by atoms with van der Waals surface area (Å²) in [5, 5.41) is 20.1. The molecule has 2 N–H and O–H groups in total. The average Bonchev–Trinajstić information content (AvgIpc) is 2.99. The molecular weight excluding hydrogens is 372 g/mol. The van der Waals surface area contributed by atoms with Gasteiger partial charge in [0.1, 0.15) is 11.6 Å². The molecule has 142 valence electrons. The molecule has 0 bridgehead atoms. The molecule has 4 rings (SSSR count). The largest absolute Gasteiger partial charge is 0.393 e. The van der Waals surface area contributed by atoms with Crippen molar-refractivity contribution >= 4 is 34.8 Å². The van der Waals surface area contributed by atoms with Gasteiger partial charge in [0.15, 0.2) is 0 Å². The molecule has 0 saturated heterocycles. The van der Waals surface area contributed by atoms with E-state index in [1.54, 1.807) is 0 Å². The summed E-state index contributed by atoms with van der Waals surface area (Å²) in [5.74, 6) is 1.81. The lowest BCUT2D eigenvalue weighted by molar-refractivity contribution is 0.838. The fourth-order valence-corrected chi connectivity index (χ4v) is 3.70. The third-order valence-electron chi connectivity index (χ3n) is 4.88. The molecule has 7 heteroatoms. The van der Waals surface area contributed by atoms with Crippen LogP contribution in [0.4, 0.5) is 11.4 Å². The molecule has 0 aliphatic carbocycles. The summed E-state index contributed by atoms with van der Waals surface area (Å²) < 4.78 is 2.11. The molecule has 0 atom stereocenters. The standard InChI is InChI=1S/C21H21ClN6/c1-14-25-26-21-9-10-27(18-6-4-17(22)5-7-18)20-11-15(16(12-23)13-24-2)3-8-19(20)28(14)21/h3-8,11-13,23-24H,9-10H2,1-2H3/b16-13+,23-12?. The summed E-state index contributed by atoms with van der Waals surface area (Å²) in [6.07, 6.45) is 3.96. The van der Waals surface area contributed by atoms with Gasteiger partial charge in [-0.1, -0.05) is 17.7 Å². The van der Waals surface area contributed by atoms with Gasteiger partial charge < -0.3 is 15.6 Å². The van der Waals surface area contributed by atoms with Crippen molar-refractivity contribution in [2.75, 3.05) is 18.5 Å². The first-order valence-corrected chi connectivity index (χ1v) is 9.47. The third kappa shape index (κ3) is 3.16. The number of halogens is 1. The molecule has 1 aliphatic heterocycles. The average molecular weight is 393 g/mol. The van der Waals surface area contributed by atoms with Crippen LogP contribution in [0, 0.1) is 12.3 Å². The number of aromatic nitrogens is 3. The van der Waals surface area contributed by atoms with Crippen molar-refractivity contribution in [3.8, 4) is 5.69 Å². The zero-order chi connectivity index (χ0) is 19.7. The van der Waals surface area contributed by atoms with Crippen molar-refractivity contribution in [3.63, 3.8) is 0 Å². The summed E-state index contributed by atoms with van der Waals surface area (Å²) in [5.41, 5.74) is 4.92. The number of benzene rings is 2. The Bertz CT molecular complexity index is 1050. The first-order valence-electron chi connectivity index (χ1n) is 9.09. The third-order valence-corrected chi connectivity index (χ3v) is 5.14. The van der Waals surface area contributed by atoms with E-state index in [2.05, 4.69) is 37.1 Å². The number of hydrogen-bond acceptors (Lipinski definition) is 5. The van der Waals surface area contributed by atoms with Gasteiger partial charge in [-0.2, -0.15) is 0 Å². The molecule has 6 nitrogen and oxygen atoms in total. The zero-order valence-corrected chi connectivity index (χ0v) is 16.5. The molecule has 2 aromatic carbocycles. The Balaban J connectivity index is 1.93. The zero-order valence-electron chi connectivity index (χ0n) is 15.8. The van der Waals surface area contributed by atoms with Crippen LogP contribution >= 0.6 is 11.6 Å². The summed E-state index contributed by atoms with van der Waals surface area (Å²) >= 11 is 6.10. The van der Waals surface area contributed by atoms with Gasteiger partial charge in [-0.25, -0.2) is 0 Å². The van der Waals surface area contributed by atoms with Crippen LogP contribution < -0.4 is 10.2 Å². The number of nitrogens with one attached hydrogen (secondary N) is 2. The van der Waals surface area contributed by atoms with E-state index in [4.69, 9.17) is 17.0 Å². The van der Waals surface area contributed by atoms with E-state index in [-0.39, 0.29) is 0 Å². The molecule has 0 saturated carbocycles. The molecule has 1 aromatic heterocycles. The lowest BCUT2D eigenvalue weighted by Gasteiger charge is -2.26. The smallest absolute Gasteiger partial charge is 0.139 e. The molecule has 0 fully saturated rings. The van der Waals surface area contributed by atoms with Crippen LogP contribution in [0.1, 0.15) is 17.2 Å². The van der Waals surface area contributed by atoms with E-state index in [0.29, 0.717) is 5.02 Å². The Morgan fingerprint density at radius 1 is 1.14 bits per heavy atom. The van der Waals surface area contributed by atoms with Crippen LogP contribution in [0.5, 0.6) is 0 Å². The first kappa shape index (κ1) is 18.3. The predicted molar refractivity (Wildman–Crippen MR) is 114 cm³/mol. The van der Waals surface area contributed by atoms with E-state index in [9.17, 15) is 0 Å². The van der Waals surface area contributed by atoms with Crippen molar-refractivity contribution in [1.29, 1.82) is 5.41 Å². The molecular formula is C21H21ClN6. The summed E-state index contributed by atoms with van der Waals surface area (Å²) in [4.78, 5) is 2.27. The maximum absolute atomic E-state index is 7.76. The van der Waals surface area contributed by atoms with Gasteiger partial charge >= 0.3 is 0 Å². The number of hydrogen-bond donors (Lipinski definition) is 2. The van der Waals surface area contributed by atoms with Crippen LogP contribution in [-0.4, -0.2) is 34.6 Å². The Labute approximate surface area is 169 Å². The fourth-order valence-electron chi connectivity index (χ4n) is 3.58. The predicted octanol–water partition coefficient (Wildman–Crippen LogP) is 4.13. The maximum Gasteiger partial charge on any atom is 0.139 e. The van der Waals surface area contributed by atoms with Crippen molar-refractivity contribution in [2.45, 2.75) is 13.3 Å². The summed E-state index contributed by atoms with van der Waals surface area (Å²) in [6, 6.07) is 14.1. The molecule has 1 aliphatic rings. The van der Waals surface area contributed by atoms with Crippen LogP contribution in [0.25, 0.3) is 11.3 Å². The quantitative estimate of drug-likeness (QED) is 0.655. The van der Waals surface area contributed by atoms with E-state index in [1.165, 1.54) is 6.21 Å². The number of fused-ring (bicyclic) bond motifs is 3. The molecule has 0 spiro atoms. The number of nitrogens with zero attached hydrogens (tertiary/aromatic N) is 4. The van der Waals surface area contributed by atoms with Gasteiger partial charge in [-0.3, -0.25) is 4.57 Å². The maximum atomic E-state index is 7.76. The highest BCUT2D eigenvalue weighted by atomic mass is 35.5. The minimum Gasteiger partial charge on any atom is -0.393 e. The van der Waals surface area contributed by atoms with E-state index < -0.39 is 0 Å². The minimum atomic E-state index is 0.712. The van der Waals surface area contributed by atoms with Crippen molar-refractivity contribution in [1.82, 2.24) is 20.1 Å². The van der Waals surface area contributed by atoms with Gasteiger partial charge in [0.05, 0.1) is 11.4 Å². The Hall–Kier alpha value is -3.12. The van der Waals surface area contributed by atoms with Gasteiger partial charge in [0.25, 0.3) is 0 Å². The second-order valence-electron chi connectivity index (χ2n) is 6.61. The molecule has 2 heterocycles. The molecule has 0 unspecified atom stereocenters. The van der Waals surface area contributed by atoms with Crippen molar-refractivity contribution in [2.24, 2.45) is 0 Å².